The summed E-state index contributed by atoms with van der Waals surface area (Å²) >= 11 is 0. The van der Waals surface area contributed by atoms with Crippen molar-refractivity contribution >= 4 is 5.91 Å². The lowest BCUT2D eigenvalue weighted by Crippen LogP contribution is -2.41. The molecular formula is C22H33NO6. The Morgan fingerprint density at radius 2 is 1.93 bits per heavy atom. The van der Waals surface area contributed by atoms with E-state index in [-0.39, 0.29) is 36.7 Å². The molecule has 0 saturated heterocycles. The number of nitrogens with zero attached hydrogens (tertiary/aromatic N) is 1. The van der Waals surface area contributed by atoms with Crippen LogP contribution in [0.4, 0.5) is 0 Å². The molecule has 0 unspecified atom stereocenters. The number of amides is 1. The van der Waals surface area contributed by atoms with Crippen molar-refractivity contribution in [3.8, 4) is 0 Å². The summed E-state index contributed by atoms with van der Waals surface area (Å²) in [5.74, 6) is -0.0561. The molecule has 1 aromatic carbocycles. The maximum Gasteiger partial charge on any atom is 0.288 e. The number of likely N-dealkylation sites (N-methyl/N-ethyl adjacent to an activating group) is 1. The van der Waals surface area contributed by atoms with Crippen molar-refractivity contribution in [3.63, 3.8) is 0 Å². The molecular weight excluding hydrogens is 374 g/mol. The Morgan fingerprint density at radius 3 is 2.52 bits per heavy atom. The second-order valence-corrected chi connectivity index (χ2v) is 7.03. The van der Waals surface area contributed by atoms with Crippen molar-refractivity contribution in [2.24, 2.45) is 5.92 Å². The fourth-order valence-electron chi connectivity index (χ4n) is 3.55. The van der Waals surface area contributed by atoms with Crippen LogP contribution in [0.25, 0.3) is 0 Å². The molecule has 1 heterocycles. The number of hydrogen-bond donors (Lipinski definition) is 1. The Balaban J connectivity index is 2.33. The number of ether oxygens (including phenoxy) is 4. The van der Waals surface area contributed by atoms with Gasteiger partial charge in [-0.2, -0.15) is 0 Å². The molecule has 0 aromatic heterocycles. The number of carbonyl (C=O) groups is 1. The van der Waals surface area contributed by atoms with Gasteiger partial charge in [-0.1, -0.05) is 30.3 Å². The molecule has 1 amide bonds. The summed E-state index contributed by atoms with van der Waals surface area (Å²) in [6.07, 6.45) is 2.17. The molecule has 1 aliphatic heterocycles. The first kappa shape index (κ1) is 23.3. The predicted molar refractivity (Wildman–Crippen MR) is 109 cm³/mol. The highest BCUT2D eigenvalue weighted by Gasteiger charge is 2.38. The van der Waals surface area contributed by atoms with Crippen molar-refractivity contribution in [2.75, 3.05) is 41.0 Å². The smallest absolute Gasteiger partial charge is 0.288 e. The maximum atomic E-state index is 13.0. The summed E-state index contributed by atoms with van der Waals surface area (Å²) < 4.78 is 22.3. The van der Waals surface area contributed by atoms with Crippen LogP contribution >= 0.6 is 0 Å². The van der Waals surface area contributed by atoms with Gasteiger partial charge in [0.05, 0.1) is 6.54 Å². The van der Waals surface area contributed by atoms with E-state index in [0.29, 0.717) is 13.0 Å². The van der Waals surface area contributed by atoms with E-state index < -0.39 is 12.6 Å². The minimum absolute atomic E-state index is 0.00273. The quantitative estimate of drug-likeness (QED) is 0.568. The van der Waals surface area contributed by atoms with Gasteiger partial charge in [0, 0.05) is 46.3 Å². The number of benzene rings is 1. The van der Waals surface area contributed by atoms with E-state index in [2.05, 4.69) is 0 Å². The van der Waals surface area contributed by atoms with Crippen LogP contribution in [0.3, 0.4) is 0 Å². The molecule has 0 bridgehead atoms. The van der Waals surface area contributed by atoms with Gasteiger partial charge < -0.3 is 29.0 Å². The monoisotopic (exact) mass is 407 g/mol. The highest BCUT2D eigenvalue weighted by Crippen LogP contribution is 2.39. The molecule has 3 atom stereocenters. The topological polar surface area (TPSA) is 77.5 Å². The van der Waals surface area contributed by atoms with Crippen LogP contribution in [-0.4, -0.2) is 69.5 Å². The first-order chi connectivity index (χ1) is 14.0. The Labute approximate surface area is 173 Å². The Morgan fingerprint density at radius 1 is 1.24 bits per heavy atom. The first-order valence-corrected chi connectivity index (χ1v) is 10.0. The van der Waals surface area contributed by atoms with Gasteiger partial charge in [0.2, 0.25) is 6.29 Å². The SMILES string of the molecule is CCO[C@@H]1OC(C(=O)N(C)CC(OC)OC)=C[C@H](c2ccccc2)[C@@H]1CCCO. The van der Waals surface area contributed by atoms with Gasteiger partial charge in [0.1, 0.15) is 0 Å². The number of methoxy groups -OCH3 is 2. The molecule has 0 fully saturated rings. The molecule has 162 valence electrons. The summed E-state index contributed by atoms with van der Waals surface area (Å²) in [6, 6.07) is 10.0. The molecule has 0 aliphatic carbocycles. The van der Waals surface area contributed by atoms with E-state index in [9.17, 15) is 9.90 Å². The van der Waals surface area contributed by atoms with Gasteiger partial charge in [0.15, 0.2) is 12.0 Å². The summed E-state index contributed by atoms with van der Waals surface area (Å²) in [5.41, 5.74) is 1.09. The lowest BCUT2D eigenvalue weighted by Gasteiger charge is -2.37. The molecule has 0 spiro atoms. The standard InChI is InChI=1S/C22H33NO6/c1-5-28-22-17(12-9-13-24)18(16-10-7-6-8-11-16)14-19(29-22)21(25)23(2)15-20(26-3)27-4/h6-8,10-11,14,17-18,20,22,24H,5,9,12-13,15H2,1-4H3/t17-,18+,22+/m0/s1. The molecule has 1 aliphatic rings. The van der Waals surface area contributed by atoms with E-state index in [1.165, 1.54) is 19.1 Å². The van der Waals surface area contributed by atoms with Crippen LogP contribution in [0, 0.1) is 5.92 Å². The third-order valence-electron chi connectivity index (χ3n) is 5.10. The molecule has 1 aromatic rings. The fourth-order valence-corrected chi connectivity index (χ4v) is 3.55. The van der Waals surface area contributed by atoms with Gasteiger partial charge in [-0.25, -0.2) is 0 Å². The molecule has 7 heteroatoms. The van der Waals surface area contributed by atoms with E-state index in [4.69, 9.17) is 18.9 Å². The number of rotatable bonds is 11. The zero-order chi connectivity index (χ0) is 21.2. The first-order valence-electron chi connectivity index (χ1n) is 10.0. The van der Waals surface area contributed by atoms with E-state index in [1.807, 2.05) is 43.3 Å². The van der Waals surface area contributed by atoms with E-state index >= 15 is 0 Å². The summed E-state index contributed by atoms with van der Waals surface area (Å²) in [5, 5.41) is 9.33. The highest BCUT2D eigenvalue weighted by molar-refractivity contribution is 5.91. The van der Waals surface area contributed by atoms with Gasteiger partial charge >= 0.3 is 0 Å². The average molecular weight is 408 g/mol. The van der Waals surface area contributed by atoms with Gasteiger partial charge in [0.25, 0.3) is 5.91 Å². The summed E-state index contributed by atoms with van der Waals surface area (Å²) in [4.78, 5) is 14.6. The molecule has 7 nitrogen and oxygen atoms in total. The molecule has 1 N–H and O–H groups in total. The zero-order valence-electron chi connectivity index (χ0n) is 17.7. The van der Waals surface area contributed by atoms with E-state index in [1.54, 1.807) is 7.05 Å². The molecule has 2 rings (SSSR count). The van der Waals surface area contributed by atoms with Crippen molar-refractivity contribution < 1.29 is 28.8 Å². The van der Waals surface area contributed by atoms with Gasteiger partial charge in [-0.3, -0.25) is 4.79 Å². The van der Waals surface area contributed by atoms with Crippen LogP contribution < -0.4 is 0 Å². The number of aliphatic hydroxyl groups is 1. The van der Waals surface area contributed by atoms with Crippen LogP contribution in [0.15, 0.2) is 42.2 Å². The van der Waals surface area contributed by atoms with Gasteiger partial charge in [-0.05, 0) is 31.4 Å². The lowest BCUT2D eigenvalue weighted by molar-refractivity contribution is -0.172. The summed E-state index contributed by atoms with van der Waals surface area (Å²) in [7, 11) is 4.75. The minimum Gasteiger partial charge on any atom is -0.459 e. The second kappa shape index (κ2) is 11.9. The van der Waals surface area contributed by atoms with Crippen molar-refractivity contribution in [2.45, 2.75) is 38.3 Å². The van der Waals surface area contributed by atoms with Crippen molar-refractivity contribution in [1.82, 2.24) is 4.90 Å². The number of allylic oxidation sites excluding steroid dienone is 1. The number of carbonyl (C=O) groups excluding carboxylic acids is 1. The van der Waals surface area contributed by atoms with Crippen LogP contribution in [0.1, 0.15) is 31.2 Å². The van der Waals surface area contributed by atoms with Crippen LogP contribution in [0.5, 0.6) is 0 Å². The molecule has 29 heavy (non-hydrogen) atoms. The Bertz CT molecular complexity index is 646. The Hall–Kier alpha value is -1.93. The predicted octanol–water partition coefficient (Wildman–Crippen LogP) is 2.51. The van der Waals surface area contributed by atoms with Crippen molar-refractivity contribution in [1.29, 1.82) is 0 Å². The maximum absolute atomic E-state index is 13.0. The van der Waals surface area contributed by atoms with E-state index in [0.717, 1.165) is 12.0 Å². The fraction of sp³-hybridized carbons (Fsp3) is 0.591. The number of aliphatic hydroxyl groups excluding tert-OH is 1. The largest absolute Gasteiger partial charge is 0.459 e. The normalized spacial score (nSPS) is 21.6. The summed E-state index contributed by atoms with van der Waals surface area (Å²) in [6.45, 7) is 2.74. The third-order valence-corrected chi connectivity index (χ3v) is 5.10. The zero-order valence-corrected chi connectivity index (χ0v) is 17.7. The molecule has 0 saturated carbocycles. The highest BCUT2D eigenvalue weighted by atomic mass is 16.7. The average Bonchev–Trinajstić information content (AvgIpc) is 2.76. The second-order valence-electron chi connectivity index (χ2n) is 7.03. The van der Waals surface area contributed by atoms with Crippen LogP contribution in [-0.2, 0) is 23.7 Å². The lowest BCUT2D eigenvalue weighted by atomic mass is 9.80. The Kier molecular flexibility index (Phi) is 9.60. The van der Waals surface area contributed by atoms with Crippen LogP contribution in [0.2, 0.25) is 0 Å². The molecule has 0 radical (unpaired) electrons. The van der Waals surface area contributed by atoms with Crippen molar-refractivity contribution in [3.05, 3.63) is 47.7 Å². The number of hydrogen-bond acceptors (Lipinski definition) is 6. The minimum atomic E-state index is -0.560. The third kappa shape index (κ3) is 6.27. The van der Waals surface area contributed by atoms with Gasteiger partial charge in [-0.15, -0.1) is 0 Å².